The van der Waals surface area contributed by atoms with Crippen molar-refractivity contribution in [2.24, 2.45) is 9.98 Å². The zero-order valence-corrected chi connectivity index (χ0v) is 8.52. The molecular formula is C9H12ClN3. The van der Waals surface area contributed by atoms with Gasteiger partial charge in [0.15, 0.2) is 0 Å². The number of nitrogens with one attached hydrogen (secondary N) is 1. The van der Waals surface area contributed by atoms with Crippen molar-refractivity contribution in [1.82, 2.24) is 4.98 Å². The molecule has 13 heavy (non-hydrogen) atoms. The molecule has 70 valence electrons. The van der Waals surface area contributed by atoms with Crippen LogP contribution in [0.2, 0.25) is 0 Å². The molecule has 0 saturated carbocycles. The second kappa shape index (κ2) is 4.23. The van der Waals surface area contributed by atoms with Crippen LogP contribution in [0.4, 0.5) is 5.82 Å². The summed E-state index contributed by atoms with van der Waals surface area (Å²) in [5, 5.41) is 0.160. The first-order valence-electron chi connectivity index (χ1n) is 4.06. The molecule has 0 aliphatic rings. The maximum absolute atomic E-state index is 5.63. The van der Waals surface area contributed by atoms with Gasteiger partial charge in [0, 0.05) is 5.69 Å². The van der Waals surface area contributed by atoms with Crippen LogP contribution in [0, 0.1) is 6.92 Å². The minimum Gasteiger partial charge on any atom is -0.343 e. The Kier molecular flexibility index (Phi) is 3.25. The number of aromatic nitrogens is 1. The quantitative estimate of drug-likeness (QED) is 0.430. The van der Waals surface area contributed by atoms with Crippen molar-refractivity contribution < 1.29 is 0 Å². The average Bonchev–Trinajstić information content (AvgIpc) is 2.47. The van der Waals surface area contributed by atoms with Gasteiger partial charge in [0.2, 0.25) is 5.29 Å². The van der Waals surface area contributed by atoms with Gasteiger partial charge in [0.1, 0.15) is 5.82 Å². The summed E-state index contributed by atoms with van der Waals surface area (Å²) in [6.45, 7) is 7.34. The number of hydrogen-bond acceptors (Lipinski definition) is 1. The summed E-state index contributed by atoms with van der Waals surface area (Å²) >= 11 is 5.63. The van der Waals surface area contributed by atoms with E-state index in [1.54, 1.807) is 0 Å². The lowest BCUT2D eigenvalue weighted by Gasteiger charge is -1.90. The molecular weight excluding hydrogens is 186 g/mol. The molecule has 0 radical (unpaired) electrons. The molecule has 0 fully saturated rings. The minimum absolute atomic E-state index is 0.160. The standard InChI is InChI=1S/C9H12ClN3/c1-4-7-5-6(2)8(12-7)13-9(10)11-3/h5,12H,3-4H2,1-2H3/b13-9-. The van der Waals surface area contributed by atoms with Crippen LogP contribution in [0.1, 0.15) is 18.2 Å². The van der Waals surface area contributed by atoms with Crippen LogP contribution in [-0.2, 0) is 6.42 Å². The van der Waals surface area contributed by atoms with Gasteiger partial charge >= 0.3 is 0 Å². The molecule has 1 heterocycles. The van der Waals surface area contributed by atoms with E-state index in [9.17, 15) is 0 Å². The average molecular weight is 198 g/mol. The second-order valence-corrected chi connectivity index (χ2v) is 3.06. The number of halogens is 1. The zero-order valence-electron chi connectivity index (χ0n) is 7.76. The fourth-order valence-corrected chi connectivity index (χ4v) is 1.14. The molecule has 0 aromatic carbocycles. The number of aryl methyl sites for hydroxylation is 2. The maximum atomic E-state index is 5.63. The van der Waals surface area contributed by atoms with E-state index >= 15 is 0 Å². The van der Waals surface area contributed by atoms with Gasteiger partial charge in [0.05, 0.1) is 0 Å². The van der Waals surface area contributed by atoms with Gasteiger partial charge in [-0.05, 0) is 43.3 Å². The van der Waals surface area contributed by atoms with Gasteiger partial charge in [-0.2, -0.15) is 0 Å². The Morgan fingerprint density at radius 3 is 2.85 bits per heavy atom. The van der Waals surface area contributed by atoms with E-state index in [0.717, 1.165) is 23.5 Å². The number of nitrogens with zero attached hydrogens (tertiary/aromatic N) is 2. The van der Waals surface area contributed by atoms with Crippen LogP contribution in [0.25, 0.3) is 0 Å². The zero-order chi connectivity index (χ0) is 9.84. The third kappa shape index (κ3) is 2.42. The highest BCUT2D eigenvalue weighted by Gasteiger charge is 2.01. The van der Waals surface area contributed by atoms with E-state index in [-0.39, 0.29) is 5.29 Å². The second-order valence-electron chi connectivity index (χ2n) is 2.72. The van der Waals surface area contributed by atoms with E-state index < -0.39 is 0 Å². The first-order chi connectivity index (χ1) is 6.17. The van der Waals surface area contributed by atoms with Gasteiger partial charge in [0.25, 0.3) is 0 Å². The first-order valence-corrected chi connectivity index (χ1v) is 4.44. The summed E-state index contributed by atoms with van der Waals surface area (Å²) in [5.41, 5.74) is 2.21. The summed E-state index contributed by atoms with van der Waals surface area (Å²) < 4.78 is 0. The predicted molar refractivity (Wildman–Crippen MR) is 57.4 cm³/mol. The largest absolute Gasteiger partial charge is 0.343 e. The lowest BCUT2D eigenvalue weighted by Crippen LogP contribution is -1.79. The number of aromatic amines is 1. The Morgan fingerprint density at radius 2 is 2.38 bits per heavy atom. The fourth-order valence-electron chi connectivity index (χ4n) is 1.05. The van der Waals surface area contributed by atoms with Crippen molar-refractivity contribution in [2.75, 3.05) is 0 Å². The molecule has 1 aromatic heterocycles. The molecule has 0 unspecified atom stereocenters. The van der Waals surface area contributed by atoms with Crippen molar-refractivity contribution in [1.29, 1.82) is 0 Å². The lowest BCUT2D eigenvalue weighted by atomic mass is 10.3. The van der Waals surface area contributed by atoms with E-state index in [1.807, 2.05) is 13.0 Å². The van der Waals surface area contributed by atoms with Crippen molar-refractivity contribution in [2.45, 2.75) is 20.3 Å². The highest BCUT2D eigenvalue weighted by molar-refractivity contribution is 6.65. The molecule has 0 atom stereocenters. The van der Waals surface area contributed by atoms with Gasteiger partial charge in [-0.1, -0.05) is 6.92 Å². The number of rotatable bonds is 2. The molecule has 0 spiro atoms. The Morgan fingerprint density at radius 1 is 1.69 bits per heavy atom. The number of hydrogen-bond donors (Lipinski definition) is 1. The molecule has 0 bridgehead atoms. The molecule has 1 aromatic rings. The number of H-pyrrole nitrogens is 1. The molecule has 0 amide bonds. The molecule has 3 nitrogen and oxygen atoms in total. The van der Waals surface area contributed by atoms with Crippen LogP contribution >= 0.6 is 11.6 Å². The van der Waals surface area contributed by atoms with Crippen molar-refractivity contribution in [3.63, 3.8) is 0 Å². The van der Waals surface area contributed by atoms with Gasteiger partial charge in [-0.15, -0.1) is 0 Å². The maximum Gasteiger partial charge on any atom is 0.223 e. The van der Waals surface area contributed by atoms with Gasteiger partial charge < -0.3 is 4.98 Å². The van der Waals surface area contributed by atoms with E-state index in [2.05, 4.69) is 28.6 Å². The summed E-state index contributed by atoms with van der Waals surface area (Å²) in [4.78, 5) is 10.7. The van der Waals surface area contributed by atoms with Crippen LogP contribution in [-0.4, -0.2) is 17.0 Å². The smallest absolute Gasteiger partial charge is 0.223 e. The first kappa shape index (κ1) is 9.99. The fraction of sp³-hybridized carbons (Fsp3) is 0.333. The third-order valence-electron chi connectivity index (χ3n) is 1.76. The molecule has 0 aliphatic heterocycles. The SMILES string of the molecule is C=N/C(Cl)=N\c1[nH]c(CC)cc1C. The highest BCUT2D eigenvalue weighted by Crippen LogP contribution is 2.19. The Balaban J connectivity index is 3.01. The third-order valence-corrected chi connectivity index (χ3v) is 1.96. The van der Waals surface area contributed by atoms with E-state index in [0.29, 0.717) is 0 Å². The van der Waals surface area contributed by atoms with Gasteiger partial charge in [-0.3, -0.25) is 0 Å². The van der Waals surface area contributed by atoms with Crippen molar-refractivity contribution >= 4 is 29.4 Å². The summed E-state index contributed by atoms with van der Waals surface area (Å²) in [7, 11) is 0. The van der Waals surface area contributed by atoms with E-state index in [4.69, 9.17) is 11.6 Å². The summed E-state index contributed by atoms with van der Waals surface area (Å²) in [5.74, 6) is 0.759. The topological polar surface area (TPSA) is 40.5 Å². The minimum atomic E-state index is 0.160. The molecule has 1 rings (SSSR count). The normalized spacial score (nSPS) is 11.8. The van der Waals surface area contributed by atoms with E-state index in [1.165, 1.54) is 0 Å². The summed E-state index contributed by atoms with van der Waals surface area (Å²) in [6, 6.07) is 2.05. The number of amidine groups is 1. The van der Waals surface area contributed by atoms with Gasteiger partial charge in [-0.25, -0.2) is 9.98 Å². The Hall–Kier alpha value is -1.09. The van der Waals surface area contributed by atoms with Crippen LogP contribution in [0.3, 0.4) is 0 Å². The highest BCUT2D eigenvalue weighted by atomic mass is 35.5. The predicted octanol–water partition coefficient (Wildman–Crippen LogP) is 2.81. The number of aliphatic imine (C=N–C) groups is 2. The monoisotopic (exact) mass is 197 g/mol. The van der Waals surface area contributed by atoms with Crippen molar-refractivity contribution in [3.05, 3.63) is 17.3 Å². The molecule has 1 N–H and O–H groups in total. The Bertz CT molecular complexity index is 339. The van der Waals surface area contributed by atoms with Crippen LogP contribution in [0.15, 0.2) is 16.1 Å². The Labute approximate surface area is 82.6 Å². The van der Waals surface area contributed by atoms with Crippen LogP contribution in [0.5, 0.6) is 0 Å². The summed E-state index contributed by atoms with van der Waals surface area (Å²) in [6.07, 6.45) is 0.954. The van der Waals surface area contributed by atoms with Crippen molar-refractivity contribution in [3.8, 4) is 0 Å². The molecule has 0 saturated heterocycles. The molecule has 0 aliphatic carbocycles. The lowest BCUT2D eigenvalue weighted by molar-refractivity contribution is 1.06. The molecule has 4 heteroatoms. The van der Waals surface area contributed by atoms with Crippen LogP contribution < -0.4 is 0 Å².